The van der Waals surface area contributed by atoms with Gasteiger partial charge in [-0.3, -0.25) is 0 Å². The van der Waals surface area contributed by atoms with E-state index in [1.807, 2.05) is 28.7 Å². The lowest BCUT2D eigenvalue weighted by Gasteiger charge is -2.41. The van der Waals surface area contributed by atoms with E-state index < -0.39 is 11.5 Å². The van der Waals surface area contributed by atoms with E-state index in [1.54, 1.807) is 6.07 Å². The molecule has 0 amide bonds. The van der Waals surface area contributed by atoms with Gasteiger partial charge in [0.15, 0.2) is 0 Å². The van der Waals surface area contributed by atoms with Crippen molar-refractivity contribution in [3.05, 3.63) is 37.4 Å². The molecule has 2 aromatic heterocycles. The number of anilines is 3. The van der Waals surface area contributed by atoms with Crippen LogP contribution in [0, 0.1) is 13.1 Å². The Balaban J connectivity index is 0.000000161. The van der Waals surface area contributed by atoms with Crippen molar-refractivity contribution in [1.29, 1.82) is 0 Å². The van der Waals surface area contributed by atoms with Crippen LogP contribution in [0.1, 0.15) is 0 Å². The van der Waals surface area contributed by atoms with E-state index in [2.05, 4.69) is 59.5 Å². The summed E-state index contributed by atoms with van der Waals surface area (Å²) < 4.78 is 35.5. The number of halogens is 3. The minimum atomic E-state index is -0.530. The van der Waals surface area contributed by atoms with E-state index in [9.17, 15) is 14.6 Å². The number of aliphatic hydroxyl groups is 2. The van der Waals surface area contributed by atoms with Gasteiger partial charge < -0.3 is 50.0 Å². The molecule has 4 aliphatic rings. The minimum Gasteiger partial charge on any atom is -0.394 e. The lowest BCUT2D eigenvalue weighted by atomic mass is 9.99. The average Bonchev–Trinajstić information content (AvgIpc) is 2.94. The summed E-state index contributed by atoms with van der Waals surface area (Å²) in [6.45, 7) is 8.90. The van der Waals surface area contributed by atoms with Gasteiger partial charge in [0.1, 0.15) is 28.5 Å². The summed E-state index contributed by atoms with van der Waals surface area (Å²) in [6, 6.07) is 7.12. The molecule has 0 unspecified atom stereocenters. The molecule has 4 saturated heterocycles. The highest BCUT2D eigenvalue weighted by Gasteiger charge is 2.39. The molecule has 5 N–H and O–H groups in total. The number of nitrogens with zero attached hydrogens (tertiary/aromatic N) is 3. The molecule has 228 valence electrons. The normalized spacial score (nSPS) is 20.7. The Kier molecular flexibility index (Phi) is 12.8. The maximum Gasteiger partial charge on any atom is 0.215 e. The number of aliphatic hydroxyl groups excluding tert-OH is 2. The molecule has 0 saturated carbocycles. The topological polar surface area (TPSA) is 142 Å². The molecule has 0 atom stereocenters. The molecule has 0 bridgehead atoms. The quantitative estimate of drug-likeness (QED) is 0.204. The first-order valence-electron chi connectivity index (χ1n) is 13.4. The fourth-order valence-corrected chi connectivity index (χ4v) is 5.32. The zero-order valence-corrected chi connectivity index (χ0v) is 27.0. The summed E-state index contributed by atoms with van der Waals surface area (Å²) >= 11 is 4.30. The predicted octanol–water partition coefficient (Wildman–Crippen LogP) is 1.30. The number of hydrogen-bond acceptors (Lipinski definition) is 12. The summed E-state index contributed by atoms with van der Waals surface area (Å²) in [5.74, 6) is 1.64. The zero-order chi connectivity index (χ0) is 29.1. The van der Waals surface area contributed by atoms with E-state index >= 15 is 0 Å². The average molecular weight is 802 g/mol. The number of ether oxygens (including phenoxy) is 4. The molecule has 6 rings (SSSR count). The Morgan fingerprint density at radius 1 is 0.780 bits per heavy atom. The highest BCUT2D eigenvalue weighted by molar-refractivity contribution is 14.1. The molecule has 0 aliphatic carbocycles. The van der Waals surface area contributed by atoms with Crippen LogP contribution >= 0.6 is 45.2 Å². The highest BCUT2D eigenvalue weighted by atomic mass is 127. The second kappa shape index (κ2) is 16.0. The minimum absolute atomic E-state index is 0.0487. The van der Waals surface area contributed by atoms with Crippen LogP contribution in [0.4, 0.5) is 21.8 Å². The van der Waals surface area contributed by atoms with Crippen molar-refractivity contribution in [2.24, 2.45) is 0 Å². The molecule has 6 heterocycles. The third kappa shape index (κ3) is 9.92. The summed E-state index contributed by atoms with van der Waals surface area (Å²) in [7, 11) is 0. The molecule has 12 nitrogen and oxygen atoms in total. The first kappa shape index (κ1) is 32.7. The van der Waals surface area contributed by atoms with E-state index in [-0.39, 0.29) is 18.8 Å². The number of hydrogen-bond donors (Lipinski definition) is 5. The molecule has 0 aromatic carbocycles. The second-order valence-corrected chi connectivity index (χ2v) is 12.6. The number of morpholine rings is 2. The zero-order valence-electron chi connectivity index (χ0n) is 22.7. The second-order valence-electron chi connectivity index (χ2n) is 10.1. The standard InChI is InChI=1S/C13H18IN3O3.C9H10FIN2O2.C4H9NO/c14-10-5-11(16-13(7-18)8-20-9-13)15-12(6-10)17-1-3-19-4-2-17;10-7-1-6(11)2-8(12-7)13-9(3-14)4-15-5-9;1-3-6-4-2-5-1/h5-6,18H,1-4,7-9H2,(H,15,16);1-2,14H,3-5H2,(H,12,13);5H,1-4H2. The Morgan fingerprint density at radius 2 is 1.29 bits per heavy atom. The Hall–Kier alpha value is -1.19. The molecular formula is C26H37FI2N6O6. The van der Waals surface area contributed by atoms with Gasteiger partial charge in [0.2, 0.25) is 5.95 Å². The maximum absolute atomic E-state index is 13.0. The van der Waals surface area contributed by atoms with Crippen LogP contribution in [0.25, 0.3) is 0 Å². The first-order valence-corrected chi connectivity index (χ1v) is 15.6. The van der Waals surface area contributed by atoms with Crippen LogP contribution in [0.3, 0.4) is 0 Å². The number of aromatic nitrogens is 2. The van der Waals surface area contributed by atoms with Gasteiger partial charge in [0.05, 0.1) is 66.1 Å². The predicted molar refractivity (Wildman–Crippen MR) is 169 cm³/mol. The van der Waals surface area contributed by atoms with Crippen LogP contribution in [0.2, 0.25) is 0 Å². The SMILES string of the molecule is C1COCCN1.OCC1(Nc2cc(I)cc(F)n2)COC1.OCC1(Nc2cc(I)cc(N3CCOCC3)n2)COC1. The van der Waals surface area contributed by atoms with Crippen LogP contribution < -0.4 is 20.9 Å². The van der Waals surface area contributed by atoms with Crippen molar-refractivity contribution >= 4 is 62.6 Å². The molecule has 41 heavy (non-hydrogen) atoms. The molecular weight excluding hydrogens is 765 g/mol. The number of rotatable bonds is 7. The smallest absolute Gasteiger partial charge is 0.215 e. The van der Waals surface area contributed by atoms with Gasteiger partial charge in [-0.25, -0.2) is 9.97 Å². The van der Waals surface area contributed by atoms with Gasteiger partial charge in [-0.15, -0.1) is 0 Å². The number of pyridine rings is 2. The molecule has 0 spiro atoms. The van der Waals surface area contributed by atoms with E-state index in [4.69, 9.17) is 18.9 Å². The van der Waals surface area contributed by atoms with Crippen molar-refractivity contribution in [2.45, 2.75) is 11.1 Å². The van der Waals surface area contributed by atoms with E-state index in [0.29, 0.717) is 32.2 Å². The molecule has 2 aromatic rings. The van der Waals surface area contributed by atoms with Crippen molar-refractivity contribution in [3.8, 4) is 0 Å². The third-order valence-corrected chi connectivity index (χ3v) is 7.87. The summed E-state index contributed by atoms with van der Waals surface area (Å²) in [4.78, 5) is 10.6. The summed E-state index contributed by atoms with van der Waals surface area (Å²) in [5.41, 5.74) is -0.871. The van der Waals surface area contributed by atoms with E-state index in [1.165, 1.54) is 6.07 Å². The van der Waals surface area contributed by atoms with Gasteiger partial charge in [0.25, 0.3) is 0 Å². The van der Waals surface area contributed by atoms with Gasteiger partial charge in [-0.2, -0.15) is 4.39 Å². The van der Waals surface area contributed by atoms with E-state index in [0.717, 1.165) is 71.4 Å². The summed E-state index contributed by atoms with van der Waals surface area (Å²) in [6.07, 6.45) is 0. The van der Waals surface area contributed by atoms with Crippen molar-refractivity contribution in [3.63, 3.8) is 0 Å². The first-order chi connectivity index (χ1) is 19.8. The van der Waals surface area contributed by atoms with Crippen molar-refractivity contribution < 1.29 is 33.6 Å². The largest absolute Gasteiger partial charge is 0.394 e. The van der Waals surface area contributed by atoms with Crippen LogP contribution in [-0.2, 0) is 18.9 Å². The van der Waals surface area contributed by atoms with Crippen LogP contribution in [0.5, 0.6) is 0 Å². The Bertz CT molecular complexity index is 1060. The van der Waals surface area contributed by atoms with Crippen LogP contribution in [0.15, 0.2) is 24.3 Å². The van der Waals surface area contributed by atoms with Gasteiger partial charge in [0, 0.05) is 39.4 Å². The summed E-state index contributed by atoms with van der Waals surface area (Å²) in [5, 5.41) is 28.1. The third-order valence-electron chi connectivity index (χ3n) is 6.62. The lowest BCUT2D eigenvalue weighted by molar-refractivity contribution is -0.0652. The molecule has 0 radical (unpaired) electrons. The Labute approximate surface area is 266 Å². The van der Waals surface area contributed by atoms with Crippen molar-refractivity contribution in [1.82, 2.24) is 15.3 Å². The van der Waals surface area contributed by atoms with Crippen molar-refractivity contribution in [2.75, 3.05) is 108 Å². The maximum atomic E-state index is 13.0. The molecule has 15 heteroatoms. The molecule has 4 fully saturated rings. The van der Waals surface area contributed by atoms with Crippen LogP contribution in [-0.4, -0.2) is 124 Å². The fraction of sp³-hybridized carbons (Fsp3) is 0.615. The monoisotopic (exact) mass is 802 g/mol. The lowest BCUT2D eigenvalue weighted by Crippen LogP contribution is -2.58. The highest BCUT2D eigenvalue weighted by Crippen LogP contribution is 2.26. The van der Waals surface area contributed by atoms with Gasteiger partial charge in [-0.05, 0) is 63.4 Å². The number of nitrogens with one attached hydrogen (secondary N) is 3. The van der Waals surface area contributed by atoms with Gasteiger partial charge >= 0.3 is 0 Å². The molecule has 4 aliphatic heterocycles. The Morgan fingerprint density at radius 3 is 1.71 bits per heavy atom. The fourth-order valence-electron chi connectivity index (χ4n) is 4.19. The van der Waals surface area contributed by atoms with Gasteiger partial charge in [-0.1, -0.05) is 0 Å².